The standard InChI is InChI=1S/C17H23N3/c1-14(2)19-13-15-6-7-16-8-11-20(17(16)12-15)10-5-3-4-9-18/h6-8,11-12,14,19H,3-5,10,13H2,1-2H3. The molecule has 1 N–H and O–H groups in total. The number of aryl methyl sites for hydroxylation is 1. The monoisotopic (exact) mass is 269 g/mol. The number of nitriles is 1. The summed E-state index contributed by atoms with van der Waals surface area (Å²) in [5.74, 6) is 0. The Hall–Kier alpha value is -1.79. The van der Waals surface area contributed by atoms with Crippen molar-refractivity contribution in [1.29, 1.82) is 5.26 Å². The summed E-state index contributed by atoms with van der Waals surface area (Å²) in [4.78, 5) is 0. The van der Waals surface area contributed by atoms with E-state index in [2.05, 4.69) is 60.3 Å². The van der Waals surface area contributed by atoms with Gasteiger partial charge in [0.2, 0.25) is 0 Å². The molecule has 0 saturated carbocycles. The van der Waals surface area contributed by atoms with E-state index in [0.29, 0.717) is 12.5 Å². The van der Waals surface area contributed by atoms with Crippen molar-refractivity contribution in [2.45, 2.75) is 52.2 Å². The Morgan fingerprint density at radius 1 is 1.25 bits per heavy atom. The van der Waals surface area contributed by atoms with Crippen molar-refractivity contribution in [3.05, 3.63) is 36.0 Å². The van der Waals surface area contributed by atoms with Crippen LogP contribution in [0.5, 0.6) is 0 Å². The van der Waals surface area contributed by atoms with E-state index in [9.17, 15) is 0 Å². The summed E-state index contributed by atoms with van der Waals surface area (Å²) in [6, 6.07) is 11.5. The Kier molecular flexibility index (Phi) is 5.20. The minimum Gasteiger partial charge on any atom is -0.347 e. The second kappa shape index (κ2) is 7.12. The van der Waals surface area contributed by atoms with Crippen LogP contribution >= 0.6 is 0 Å². The maximum atomic E-state index is 8.57. The smallest absolute Gasteiger partial charge is 0.0621 e. The number of aromatic nitrogens is 1. The van der Waals surface area contributed by atoms with Crippen molar-refractivity contribution in [2.75, 3.05) is 0 Å². The third-order valence-corrected chi connectivity index (χ3v) is 3.49. The molecule has 0 bridgehead atoms. The van der Waals surface area contributed by atoms with Gasteiger partial charge in [-0.15, -0.1) is 0 Å². The molecule has 0 aliphatic rings. The van der Waals surface area contributed by atoms with Gasteiger partial charge in [0.25, 0.3) is 0 Å². The third-order valence-electron chi connectivity index (χ3n) is 3.49. The lowest BCUT2D eigenvalue weighted by molar-refractivity contribution is 0.588. The minimum absolute atomic E-state index is 0.503. The van der Waals surface area contributed by atoms with Gasteiger partial charge in [-0.3, -0.25) is 0 Å². The zero-order valence-corrected chi connectivity index (χ0v) is 12.4. The van der Waals surface area contributed by atoms with E-state index < -0.39 is 0 Å². The normalized spacial score (nSPS) is 11.1. The highest BCUT2D eigenvalue weighted by Gasteiger charge is 2.03. The van der Waals surface area contributed by atoms with E-state index >= 15 is 0 Å². The second-order valence-corrected chi connectivity index (χ2v) is 5.55. The van der Waals surface area contributed by atoms with Crippen LogP contribution in [0.1, 0.15) is 38.7 Å². The maximum Gasteiger partial charge on any atom is 0.0621 e. The predicted molar refractivity (Wildman–Crippen MR) is 83.4 cm³/mol. The Morgan fingerprint density at radius 2 is 2.10 bits per heavy atom. The first-order chi connectivity index (χ1) is 9.70. The van der Waals surface area contributed by atoms with Crippen molar-refractivity contribution in [3.8, 4) is 6.07 Å². The van der Waals surface area contributed by atoms with Crippen LogP contribution in [0.2, 0.25) is 0 Å². The summed E-state index contributed by atoms with van der Waals surface area (Å²) in [5, 5.41) is 13.3. The van der Waals surface area contributed by atoms with Gasteiger partial charge < -0.3 is 9.88 Å². The van der Waals surface area contributed by atoms with Gasteiger partial charge in [0, 0.05) is 37.3 Å². The Bertz CT molecular complexity index is 590. The fourth-order valence-electron chi connectivity index (χ4n) is 2.34. The zero-order chi connectivity index (χ0) is 14.4. The molecule has 2 rings (SSSR count). The van der Waals surface area contributed by atoms with Gasteiger partial charge in [0.05, 0.1) is 6.07 Å². The third kappa shape index (κ3) is 3.85. The molecule has 20 heavy (non-hydrogen) atoms. The molecule has 1 aromatic heterocycles. The molecule has 0 atom stereocenters. The van der Waals surface area contributed by atoms with Crippen LogP contribution < -0.4 is 5.32 Å². The molecule has 0 spiro atoms. The average Bonchev–Trinajstić information content (AvgIpc) is 2.84. The second-order valence-electron chi connectivity index (χ2n) is 5.55. The number of fused-ring (bicyclic) bond motifs is 1. The van der Waals surface area contributed by atoms with Gasteiger partial charge in [-0.2, -0.15) is 5.26 Å². The number of nitrogens with one attached hydrogen (secondary N) is 1. The van der Waals surface area contributed by atoms with Crippen molar-refractivity contribution in [3.63, 3.8) is 0 Å². The zero-order valence-electron chi connectivity index (χ0n) is 12.4. The topological polar surface area (TPSA) is 40.8 Å². The lowest BCUT2D eigenvalue weighted by atomic mass is 10.1. The summed E-state index contributed by atoms with van der Waals surface area (Å²) in [6.07, 6.45) is 4.84. The van der Waals surface area contributed by atoms with Crippen molar-refractivity contribution < 1.29 is 0 Å². The molecule has 0 radical (unpaired) electrons. The average molecular weight is 269 g/mol. The van der Waals surface area contributed by atoms with Gasteiger partial charge in [-0.05, 0) is 35.9 Å². The van der Waals surface area contributed by atoms with Crippen LogP contribution in [0.25, 0.3) is 10.9 Å². The molecule has 0 aliphatic heterocycles. The molecule has 1 heterocycles. The molecule has 0 aliphatic carbocycles. The quantitative estimate of drug-likeness (QED) is 0.776. The molecule has 0 amide bonds. The van der Waals surface area contributed by atoms with E-state index in [1.54, 1.807) is 0 Å². The van der Waals surface area contributed by atoms with Crippen LogP contribution in [0.3, 0.4) is 0 Å². The van der Waals surface area contributed by atoms with Crippen LogP contribution in [-0.2, 0) is 13.1 Å². The molecule has 0 unspecified atom stereocenters. The number of rotatable bonds is 7. The summed E-state index contributed by atoms with van der Waals surface area (Å²) in [5.41, 5.74) is 2.62. The van der Waals surface area contributed by atoms with Gasteiger partial charge in [-0.25, -0.2) is 0 Å². The van der Waals surface area contributed by atoms with Crippen LogP contribution in [0.4, 0.5) is 0 Å². The van der Waals surface area contributed by atoms with Crippen molar-refractivity contribution >= 4 is 10.9 Å². The molecule has 3 heteroatoms. The van der Waals surface area contributed by atoms with Gasteiger partial charge >= 0.3 is 0 Å². The SMILES string of the molecule is CC(C)NCc1ccc2ccn(CCCCC#N)c2c1. The Morgan fingerprint density at radius 3 is 2.85 bits per heavy atom. The first-order valence-corrected chi connectivity index (χ1v) is 7.39. The lowest BCUT2D eigenvalue weighted by Crippen LogP contribution is -2.21. The Labute approximate surface area is 121 Å². The van der Waals surface area contributed by atoms with Gasteiger partial charge in [0.1, 0.15) is 0 Å². The molecular formula is C17H23N3. The number of nitrogens with zero attached hydrogens (tertiary/aromatic N) is 2. The Balaban J connectivity index is 2.07. The highest BCUT2D eigenvalue weighted by molar-refractivity contribution is 5.80. The lowest BCUT2D eigenvalue weighted by Gasteiger charge is -2.09. The summed E-state index contributed by atoms with van der Waals surface area (Å²) in [7, 11) is 0. The number of unbranched alkanes of at least 4 members (excludes halogenated alkanes) is 2. The molecule has 106 valence electrons. The number of hydrogen-bond acceptors (Lipinski definition) is 2. The number of benzene rings is 1. The number of hydrogen-bond donors (Lipinski definition) is 1. The highest BCUT2D eigenvalue weighted by Crippen LogP contribution is 2.18. The van der Waals surface area contributed by atoms with Gasteiger partial charge in [0.15, 0.2) is 0 Å². The molecule has 0 saturated heterocycles. The molecular weight excluding hydrogens is 246 g/mol. The maximum absolute atomic E-state index is 8.57. The summed E-state index contributed by atoms with van der Waals surface area (Å²) >= 11 is 0. The molecule has 3 nitrogen and oxygen atoms in total. The van der Waals surface area contributed by atoms with Crippen molar-refractivity contribution in [2.24, 2.45) is 0 Å². The van der Waals surface area contributed by atoms with Crippen molar-refractivity contribution in [1.82, 2.24) is 9.88 Å². The largest absolute Gasteiger partial charge is 0.347 e. The molecule has 1 aromatic carbocycles. The summed E-state index contributed by atoms with van der Waals surface area (Å²) in [6.45, 7) is 6.23. The van der Waals surface area contributed by atoms with Gasteiger partial charge in [-0.1, -0.05) is 26.0 Å². The predicted octanol–water partition coefficient (Wildman–Crippen LogP) is 3.83. The van der Waals surface area contributed by atoms with E-state index in [4.69, 9.17) is 5.26 Å². The van der Waals surface area contributed by atoms with Crippen LogP contribution in [-0.4, -0.2) is 10.6 Å². The molecule has 0 fully saturated rings. The van der Waals surface area contributed by atoms with Crippen LogP contribution in [0.15, 0.2) is 30.5 Å². The highest BCUT2D eigenvalue weighted by atomic mass is 14.9. The van der Waals surface area contributed by atoms with E-state index in [1.165, 1.54) is 16.5 Å². The van der Waals surface area contributed by atoms with E-state index in [-0.39, 0.29) is 0 Å². The van der Waals surface area contributed by atoms with E-state index in [0.717, 1.165) is 25.9 Å². The molecule has 2 aromatic rings. The fraction of sp³-hybridized carbons (Fsp3) is 0.471. The first kappa shape index (κ1) is 14.6. The van der Waals surface area contributed by atoms with E-state index in [1.807, 2.05) is 0 Å². The summed E-state index contributed by atoms with van der Waals surface area (Å²) < 4.78 is 2.30. The first-order valence-electron chi connectivity index (χ1n) is 7.39. The minimum atomic E-state index is 0.503. The fourth-order valence-corrected chi connectivity index (χ4v) is 2.34. The van der Waals surface area contributed by atoms with Crippen LogP contribution in [0, 0.1) is 11.3 Å².